The van der Waals surface area contributed by atoms with Crippen molar-refractivity contribution < 1.29 is 4.74 Å². The number of rotatable bonds is 10. The minimum atomic E-state index is 0. The quantitative estimate of drug-likeness (QED) is 0.518. The van der Waals surface area contributed by atoms with Gasteiger partial charge in [-0.05, 0) is 36.5 Å². The molecule has 0 heterocycles. The Labute approximate surface area is 132 Å². The van der Waals surface area contributed by atoms with Crippen LogP contribution in [0.25, 0.3) is 0 Å². The highest BCUT2D eigenvalue weighted by Gasteiger charge is 2.12. The summed E-state index contributed by atoms with van der Waals surface area (Å²) in [4.78, 5) is 0. The van der Waals surface area contributed by atoms with Gasteiger partial charge in [-0.3, -0.25) is 0 Å². The van der Waals surface area contributed by atoms with Crippen LogP contribution in [0.5, 0.6) is 0 Å². The van der Waals surface area contributed by atoms with E-state index in [1.54, 1.807) is 0 Å². The first kappa shape index (κ1) is 21.0. The predicted octanol–water partition coefficient (Wildman–Crippen LogP) is 4.77. The molecular formula is C16H34MgO. The third kappa shape index (κ3) is 11.8. The summed E-state index contributed by atoms with van der Waals surface area (Å²) in [6.45, 7) is 15.7. The molecule has 2 heteroatoms. The molecule has 0 aliphatic heterocycles. The lowest BCUT2D eigenvalue weighted by Gasteiger charge is -2.21. The smallest absolute Gasteiger partial charge is 0.0494 e. The van der Waals surface area contributed by atoms with Gasteiger partial charge in [0, 0.05) is 36.3 Å². The summed E-state index contributed by atoms with van der Waals surface area (Å²) in [6.07, 6.45) is 5.10. The maximum absolute atomic E-state index is 5.94. The largest absolute Gasteiger partial charge is 0.381 e. The summed E-state index contributed by atoms with van der Waals surface area (Å²) < 4.78 is 5.94. The minimum absolute atomic E-state index is 0. The van der Waals surface area contributed by atoms with Crippen LogP contribution in [0, 0.1) is 23.7 Å². The lowest BCUT2D eigenvalue weighted by Crippen LogP contribution is -2.17. The number of hydrogen-bond donors (Lipinski definition) is 0. The average Bonchev–Trinajstić information content (AvgIpc) is 2.25. The Balaban J connectivity index is 0. The molecule has 0 N–H and O–H groups in total. The molecule has 0 rings (SSSR count). The molecule has 18 heavy (non-hydrogen) atoms. The Bertz CT molecular complexity index is 150. The van der Waals surface area contributed by atoms with Crippen molar-refractivity contribution in [1.82, 2.24) is 0 Å². The van der Waals surface area contributed by atoms with Crippen molar-refractivity contribution in [3.8, 4) is 0 Å². The Morgan fingerprint density at radius 1 is 0.722 bits per heavy atom. The van der Waals surface area contributed by atoms with E-state index in [9.17, 15) is 0 Å². The molecule has 0 saturated heterocycles. The summed E-state index contributed by atoms with van der Waals surface area (Å²) >= 11 is 0. The summed E-state index contributed by atoms with van der Waals surface area (Å²) in [6, 6.07) is 0. The first-order chi connectivity index (χ1) is 7.99. The van der Waals surface area contributed by atoms with Crippen molar-refractivity contribution in [1.29, 1.82) is 0 Å². The molecular weight excluding hydrogens is 232 g/mol. The summed E-state index contributed by atoms with van der Waals surface area (Å²) in [5.41, 5.74) is 0. The first-order valence-corrected chi connectivity index (χ1v) is 7.57. The lowest BCUT2D eigenvalue weighted by atomic mass is 9.94. The van der Waals surface area contributed by atoms with Gasteiger partial charge in [0.1, 0.15) is 0 Å². The summed E-state index contributed by atoms with van der Waals surface area (Å²) in [7, 11) is 0. The van der Waals surface area contributed by atoms with Crippen LogP contribution in [0.1, 0.15) is 67.2 Å². The van der Waals surface area contributed by atoms with Gasteiger partial charge in [-0.15, -0.1) is 0 Å². The number of ether oxygens (including phenoxy) is 1. The van der Waals surface area contributed by atoms with E-state index >= 15 is 0 Å². The second kappa shape index (κ2) is 12.7. The van der Waals surface area contributed by atoms with Gasteiger partial charge in [0.2, 0.25) is 0 Å². The Kier molecular flexibility index (Phi) is 14.9. The van der Waals surface area contributed by atoms with Gasteiger partial charge < -0.3 is 4.74 Å². The normalized spacial score (nSPS) is 14.7. The maximum atomic E-state index is 5.94. The molecule has 0 aromatic heterocycles. The van der Waals surface area contributed by atoms with E-state index in [0.717, 1.165) is 36.9 Å². The molecule has 0 aromatic rings. The molecule has 106 valence electrons. The fourth-order valence-corrected chi connectivity index (χ4v) is 2.44. The Morgan fingerprint density at radius 2 is 1.06 bits per heavy atom. The molecule has 0 amide bonds. The van der Waals surface area contributed by atoms with Crippen molar-refractivity contribution in [2.45, 2.75) is 67.2 Å². The van der Waals surface area contributed by atoms with Crippen LogP contribution in [0.15, 0.2) is 0 Å². The van der Waals surface area contributed by atoms with Crippen LogP contribution in [0.4, 0.5) is 0 Å². The van der Waals surface area contributed by atoms with Crippen molar-refractivity contribution in [2.75, 3.05) is 13.2 Å². The van der Waals surface area contributed by atoms with Crippen LogP contribution in [0.3, 0.4) is 0 Å². The standard InChI is InChI=1S/C16H34O.Mg/c1-7-15(9-13(3)4)11-17-12-16(8-2)10-14(5)6;/h13-16H,7-12H2,1-6H3;. The Morgan fingerprint density at radius 3 is 1.28 bits per heavy atom. The SMILES string of the molecule is CCC(COCC(CC)CC(C)C)CC(C)C.[Mg]. The third-order valence-electron chi connectivity index (χ3n) is 3.47. The van der Waals surface area contributed by atoms with Crippen molar-refractivity contribution >= 4 is 23.1 Å². The zero-order valence-electron chi connectivity index (χ0n) is 13.7. The second-order valence-corrected chi connectivity index (χ2v) is 6.35. The third-order valence-corrected chi connectivity index (χ3v) is 3.47. The number of hydrogen-bond acceptors (Lipinski definition) is 1. The van der Waals surface area contributed by atoms with Gasteiger partial charge in [0.05, 0.1) is 0 Å². The van der Waals surface area contributed by atoms with E-state index in [2.05, 4.69) is 41.5 Å². The van der Waals surface area contributed by atoms with Crippen molar-refractivity contribution in [2.24, 2.45) is 23.7 Å². The van der Waals surface area contributed by atoms with E-state index in [1.807, 2.05) is 0 Å². The fraction of sp³-hybridized carbons (Fsp3) is 1.00. The van der Waals surface area contributed by atoms with Gasteiger partial charge in [0.15, 0.2) is 0 Å². The van der Waals surface area contributed by atoms with Gasteiger partial charge >= 0.3 is 0 Å². The zero-order valence-corrected chi connectivity index (χ0v) is 15.1. The predicted molar refractivity (Wildman–Crippen MR) is 83.0 cm³/mol. The lowest BCUT2D eigenvalue weighted by molar-refractivity contribution is 0.0576. The van der Waals surface area contributed by atoms with Crippen molar-refractivity contribution in [3.05, 3.63) is 0 Å². The van der Waals surface area contributed by atoms with Crippen LogP contribution < -0.4 is 0 Å². The highest BCUT2D eigenvalue weighted by atomic mass is 24.3. The van der Waals surface area contributed by atoms with Crippen LogP contribution in [0.2, 0.25) is 0 Å². The second-order valence-electron chi connectivity index (χ2n) is 6.35. The molecule has 0 aliphatic carbocycles. The molecule has 0 fully saturated rings. The molecule has 0 spiro atoms. The maximum Gasteiger partial charge on any atom is 0.0494 e. The highest BCUT2D eigenvalue weighted by molar-refractivity contribution is 5.75. The molecule has 0 aromatic carbocycles. The fourth-order valence-electron chi connectivity index (χ4n) is 2.44. The average molecular weight is 267 g/mol. The molecule has 2 unspecified atom stereocenters. The van der Waals surface area contributed by atoms with Gasteiger partial charge in [-0.2, -0.15) is 0 Å². The van der Waals surface area contributed by atoms with Crippen LogP contribution >= 0.6 is 0 Å². The topological polar surface area (TPSA) is 9.23 Å². The van der Waals surface area contributed by atoms with Gasteiger partial charge in [-0.1, -0.05) is 54.4 Å². The molecule has 0 saturated carbocycles. The first-order valence-electron chi connectivity index (χ1n) is 7.57. The van der Waals surface area contributed by atoms with E-state index in [0.29, 0.717) is 0 Å². The van der Waals surface area contributed by atoms with Crippen LogP contribution in [-0.4, -0.2) is 36.3 Å². The van der Waals surface area contributed by atoms with E-state index < -0.39 is 0 Å². The van der Waals surface area contributed by atoms with E-state index in [4.69, 9.17) is 4.74 Å². The van der Waals surface area contributed by atoms with Crippen molar-refractivity contribution in [3.63, 3.8) is 0 Å². The summed E-state index contributed by atoms with van der Waals surface area (Å²) in [5, 5.41) is 0. The molecule has 1 nitrogen and oxygen atoms in total. The molecule has 2 atom stereocenters. The minimum Gasteiger partial charge on any atom is -0.381 e. The molecule has 0 bridgehead atoms. The molecule has 2 radical (unpaired) electrons. The van der Waals surface area contributed by atoms with E-state index in [-0.39, 0.29) is 23.1 Å². The highest BCUT2D eigenvalue weighted by Crippen LogP contribution is 2.18. The van der Waals surface area contributed by atoms with Gasteiger partial charge in [-0.25, -0.2) is 0 Å². The summed E-state index contributed by atoms with van der Waals surface area (Å²) in [5.74, 6) is 3.10. The molecule has 0 aliphatic rings. The van der Waals surface area contributed by atoms with Gasteiger partial charge in [0.25, 0.3) is 0 Å². The zero-order chi connectivity index (χ0) is 13.3. The van der Waals surface area contributed by atoms with E-state index in [1.165, 1.54) is 25.7 Å². The van der Waals surface area contributed by atoms with Crippen LogP contribution in [-0.2, 0) is 4.74 Å². The monoisotopic (exact) mass is 266 g/mol. The Hall–Kier alpha value is 0.726.